The first kappa shape index (κ1) is 15.2. The average Bonchev–Trinajstić information content (AvgIpc) is 2.55. The molecule has 0 amide bonds. The molecule has 0 aliphatic carbocycles. The molecule has 4 nitrogen and oxygen atoms in total. The molecule has 21 heavy (non-hydrogen) atoms. The maximum absolute atomic E-state index is 11.0. The summed E-state index contributed by atoms with van der Waals surface area (Å²) in [6.45, 7) is 2.78. The largest absolute Gasteiger partial charge is 0.490 e. The summed E-state index contributed by atoms with van der Waals surface area (Å²) in [5, 5.41) is 0. The first-order valence-corrected chi connectivity index (χ1v) is 7.03. The Hall–Kier alpha value is -2.20. The highest BCUT2D eigenvalue weighted by Crippen LogP contribution is 2.18. The Morgan fingerprint density at radius 3 is 2.57 bits per heavy atom. The van der Waals surface area contributed by atoms with Gasteiger partial charge in [-0.3, -0.25) is 9.78 Å². The van der Waals surface area contributed by atoms with Crippen LogP contribution in [-0.4, -0.2) is 30.6 Å². The summed E-state index contributed by atoms with van der Waals surface area (Å²) in [5.74, 6) is 0.795. The van der Waals surface area contributed by atoms with Crippen molar-refractivity contribution >= 4 is 5.78 Å². The van der Waals surface area contributed by atoms with E-state index in [1.807, 2.05) is 49.4 Å². The fourth-order valence-electron chi connectivity index (χ4n) is 1.75. The maximum atomic E-state index is 11.0. The van der Waals surface area contributed by atoms with E-state index >= 15 is 0 Å². The molecule has 0 fully saturated rings. The average molecular weight is 285 g/mol. The van der Waals surface area contributed by atoms with Gasteiger partial charge in [0.1, 0.15) is 19.0 Å². The minimum atomic E-state index is 0.101. The third-order valence-corrected chi connectivity index (χ3v) is 2.96. The highest BCUT2D eigenvalue weighted by molar-refractivity contribution is 5.79. The Morgan fingerprint density at radius 2 is 1.90 bits per heavy atom. The zero-order valence-electron chi connectivity index (χ0n) is 12.1. The number of hydrogen-bond donors (Lipinski definition) is 0. The van der Waals surface area contributed by atoms with E-state index in [0.29, 0.717) is 25.4 Å². The van der Waals surface area contributed by atoms with Gasteiger partial charge in [0.2, 0.25) is 0 Å². The number of pyridine rings is 1. The van der Waals surface area contributed by atoms with Crippen LogP contribution in [-0.2, 0) is 9.53 Å². The van der Waals surface area contributed by atoms with Crippen molar-refractivity contribution in [2.24, 2.45) is 0 Å². The molecule has 0 aliphatic heterocycles. The lowest BCUT2D eigenvalue weighted by Crippen LogP contribution is -2.12. The molecule has 2 rings (SSSR count). The quantitative estimate of drug-likeness (QED) is 0.699. The standard InChI is InChI=1S/C17H19NO3/c1-2-15(19)13-20-10-11-21-16-8-9-17(18-12-16)14-6-4-3-5-7-14/h3-9,12H,2,10-11,13H2,1H3. The summed E-state index contributed by atoms with van der Waals surface area (Å²) >= 11 is 0. The fourth-order valence-corrected chi connectivity index (χ4v) is 1.75. The Labute approximate surface area is 124 Å². The number of benzene rings is 1. The number of ether oxygens (including phenoxy) is 2. The van der Waals surface area contributed by atoms with E-state index in [9.17, 15) is 4.79 Å². The number of rotatable bonds is 8. The number of carbonyl (C=O) groups excluding carboxylic acids is 1. The Kier molecular flexibility index (Phi) is 5.91. The molecule has 0 bridgehead atoms. The third-order valence-electron chi connectivity index (χ3n) is 2.96. The van der Waals surface area contributed by atoms with Crippen molar-refractivity contribution in [3.8, 4) is 17.0 Å². The molecule has 0 spiro atoms. The van der Waals surface area contributed by atoms with Gasteiger partial charge >= 0.3 is 0 Å². The van der Waals surface area contributed by atoms with Gasteiger partial charge in [-0.1, -0.05) is 37.3 Å². The molecule has 0 saturated heterocycles. The molecule has 0 unspecified atom stereocenters. The number of ketones is 1. The summed E-state index contributed by atoms with van der Waals surface area (Å²) in [6.07, 6.45) is 2.20. The number of hydrogen-bond acceptors (Lipinski definition) is 4. The number of aromatic nitrogens is 1. The lowest BCUT2D eigenvalue weighted by Gasteiger charge is -2.07. The lowest BCUT2D eigenvalue weighted by molar-refractivity contribution is -0.123. The summed E-state index contributed by atoms with van der Waals surface area (Å²) in [5.41, 5.74) is 1.98. The van der Waals surface area contributed by atoms with Crippen molar-refractivity contribution in [2.45, 2.75) is 13.3 Å². The van der Waals surface area contributed by atoms with Gasteiger partial charge in [-0.15, -0.1) is 0 Å². The monoisotopic (exact) mass is 285 g/mol. The number of Topliss-reactive ketones (excluding diaryl/α,β-unsaturated/α-hetero) is 1. The van der Waals surface area contributed by atoms with Gasteiger partial charge in [-0.05, 0) is 12.1 Å². The van der Waals surface area contributed by atoms with Crippen LogP contribution in [0.3, 0.4) is 0 Å². The van der Waals surface area contributed by atoms with E-state index in [1.54, 1.807) is 6.20 Å². The highest BCUT2D eigenvalue weighted by atomic mass is 16.5. The van der Waals surface area contributed by atoms with Gasteiger partial charge in [0.15, 0.2) is 5.78 Å². The minimum absolute atomic E-state index is 0.101. The van der Waals surface area contributed by atoms with Crippen LogP contribution in [0.4, 0.5) is 0 Å². The summed E-state index contributed by atoms with van der Waals surface area (Å²) in [6, 6.07) is 13.8. The zero-order valence-corrected chi connectivity index (χ0v) is 12.1. The van der Waals surface area contributed by atoms with Gasteiger partial charge in [0.05, 0.1) is 18.5 Å². The van der Waals surface area contributed by atoms with E-state index in [1.165, 1.54) is 0 Å². The third kappa shape index (κ3) is 5.00. The molecule has 2 aromatic rings. The van der Waals surface area contributed by atoms with Crippen LogP contribution in [0.2, 0.25) is 0 Å². The smallest absolute Gasteiger partial charge is 0.158 e. The van der Waals surface area contributed by atoms with Crippen molar-refractivity contribution in [1.82, 2.24) is 4.98 Å². The van der Waals surface area contributed by atoms with Crippen LogP contribution in [0.1, 0.15) is 13.3 Å². The molecule has 1 aromatic heterocycles. The summed E-state index contributed by atoms with van der Waals surface area (Å²) in [4.78, 5) is 15.4. The van der Waals surface area contributed by atoms with E-state index in [4.69, 9.17) is 9.47 Å². The first-order valence-electron chi connectivity index (χ1n) is 7.03. The van der Waals surface area contributed by atoms with Crippen molar-refractivity contribution in [1.29, 1.82) is 0 Å². The van der Waals surface area contributed by atoms with Crippen molar-refractivity contribution in [2.75, 3.05) is 19.8 Å². The molecule has 4 heteroatoms. The molecule has 110 valence electrons. The Morgan fingerprint density at radius 1 is 1.10 bits per heavy atom. The number of carbonyl (C=O) groups is 1. The second kappa shape index (κ2) is 8.17. The van der Waals surface area contributed by atoms with Gasteiger partial charge < -0.3 is 9.47 Å². The topological polar surface area (TPSA) is 48.4 Å². The van der Waals surface area contributed by atoms with Gasteiger partial charge in [-0.2, -0.15) is 0 Å². The molecular formula is C17H19NO3. The van der Waals surface area contributed by atoms with E-state index in [2.05, 4.69) is 4.98 Å². The van der Waals surface area contributed by atoms with Crippen molar-refractivity contribution in [3.05, 3.63) is 48.7 Å². The van der Waals surface area contributed by atoms with Crippen LogP contribution in [0, 0.1) is 0 Å². The predicted octanol–water partition coefficient (Wildman–Crippen LogP) is 3.12. The van der Waals surface area contributed by atoms with E-state index < -0.39 is 0 Å². The predicted molar refractivity (Wildman–Crippen MR) is 81.3 cm³/mol. The lowest BCUT2D eigenvalue weighted by atomic mass is 10.1. The maximum Gasteiger partial charge on any atom is 0.158 e. The summed E-state index contributed by atoms with van der Waals surface area (Å²) in [7, 11) is 0. The van der Waals surface area contributed by atoms with Crippen molar-refractivity contribution < 1.29 is 14.3 Å². The van der Waals surface area contributed by atoms with Gasteiger partial charge in [0.25, 0.3) is 0 Å². The summed E-state index contributed by atoms with van der Waals surface area (Å²) < 4.78 is 10.7. The van der Waals surface area contributed by atoms with Crippen LogP contribution < -0.4 is 4.74 Å². The highest BCUT2D eigenvalue weighted by Gasteiger charge is 2.01. The van der Waals surface area contributed by atoms with Gasteiger partial charge in [-0.25, -0.2) is 0 Å². The van der Waals surface area contributed by atoms with E-state index in [0.717, 1.165) is 11.3 Å². The Bertz CT molecular complexity index is 552. The molecule has 0 N–H and O–H groups in total. The molecule has 0 radical (unpaired) electrons. The van der Waals surface area contributed by atoms with Crippen LogP contribution >= 0.6 is 0 Å². The zero-order chi connectivity index (χ0) is 14.9. The molecule has 0 atom stereocenters. The second-order valence-electron chi connectivity index (χ2n) is 4.54. The van der Waals surface area contributed by atoms with Gasteiger partial charge in [0, 0.05) is 12.0 Å². The van der Waals surface area contributed by atoms with Crippen LogP contribution in [0.25, 0.3) is 11.3 Å². The minimum Gasteiger partial charge on any atom is -0.490 e. The SMILES string of the molecule is CCC(=O)COCCOc1ccc(-c2ccccc2)nc1. The molecule has 0 aliphatic rings. The van der Waals surface area contributed by atoms with E-state index in [-0.39, 0.29) is 12.4 Å². The molecule has 1 aromatic carbocycles. The molecule has 0 saturated carbocycles. The van der Waals surface area contributed by atoms with Crippen LogP contribution in [0.15, 0.2) is 48.7 Å². The molecule has 1 heterocycles. The fraction of sp³-hybridized carbons (Fsp3) is 0.294. The Balaban J connectivity index is 1.77. The second-order valence-corrected chi connectivity index (χ2v) is 4.54. The normalized spacial score (nSPS) is 10.3. The van der Waals surface area contributed by atoms with Crippen molar-refractivity contribution in [3.63, 3.8) is 0 Å². The number of nitrogens with zero attached hydrogens (tertiary/aromatic N) is 1. The first-order chi connectivity index (χ1) is 10.3. The molecular weight excluding hydrogens is 266 g/mol. The van der Waals surface area contributed by atoms with Crippen LogP contribution in [0.5, 0.6) is 5.75 Å².